The number of hydrogen-bond donors (Lipinski definition) is 3. The fourth-order valence-corrected chi connectivity index (χ4v) is 7.48. The van der Waals surface area contributed by atoms with Crippen LogP contribution >= 0.6 is 0 Å². The van der Waals surface area contributed by atoms with Crippen molar-refractivity contribution >= 4 is 46.1 Å². The van der Waals surface area contributed by atoms with Crippen LogP contribution in [0.1, 0.15) is 41.4 Å². The summed E-state index contributed by atoms with van der Waals surface area (Å²) in [6.45, 7) is -0.0185. The van der Waals surface area contributed by atoms with Gasteiger partial charge >= 0.3 is 47.8 Å². The number of nitrogens with one attached hydrogen (secondary N) is 3. The van der Waals surface area contributed by atoms with E-state index in [0.29, 0.717) is 19.3 Å². The normalized spacial score (nSPS) is 22.7. The molecule has 73 heavy (non-hydrogen) atoms. The first-order valence-corrected chi connectivity index (χ1v) is 23.9. The highest BCUT2D eigenvalue weighted by Crippen LogP contribution is 2.42. The highest BCUT2D eigenvalue weighted by molar-refractivity contribution is 7.86. The van der Waals surface area contributed by atoms with Crippen LogP contribution in [0, 0.1) is 0 Å². The lowest BCUT2D eigenvalue weighted by Crippen LogP contribution is -2.54. The predicted molar refractivity (Wildman–Crippen MR) is 248 cm³/mol. The van der Waals surface area contributed by atoms with Crippen LogP contribution in [-0.4, -0.2) is 144 Å². The Bertz CT molecular complexity index is 2700. The summed E-state index contributed by atoms with van der Waals surface area (Å²) in [5.74, 6) is -11.5. The van der Waals surface area contributed by atoms with Gasteiger partial charge in [-0.3, -0.25) is 4.90 Å². The summed E-state index contributed by atoms with van der Waals surface area (Å²) < 4.78 is 119. The standard InChI is InChI=1S/C24H22F2N2O6.C20H18F2O8S.C5H8N2O/c25-24(26)19(34-21(30)17-11-5-2-6-12-17)18(15-32-20(29)16-9-3-1-4-10-16)33-22(24)28-14-8-7-13-27-23(28)31;1-31(25,26)30-19-20(21,22)16(29-18(24)14-10-6-3-7-11-14)15(28-19)12-27-17(23)13-8-4-2-5-9-13;8-5-6-3-1-2-4-7-5/h1-12,18-19,22H,13-15H2,(H,27,31);2-11,15-16,19H,12H2,1H3;1-2H,3-4H2,(H2,6,7,8)/t18-,19-,22?;15-,16-,19?;/m11./s1. The van der Waals surface area contributed by atoms with Gasteiger partial charge in [0.05, 0.1) is 28.5 Å². The van der Waals surface area contributed by atoms with E-state index in [1.165, 1.54) is 60.7 Å². The van der Waals surface area contributed by atoms with Crippen LogP contribution < -0.4 is 16.0 Å². The van der Waals surface area contributed by atoms with Gasteiger partial charge in [0.2, 0.25) is 18.6 Å². The Morgan fingerprint density at radius 2 is 0.959 bits per heavy atom. The topological polar surface area (TPSA) is 240 Å². The number of halogens is 4. The molecular formula is C49H48F4N4O15S. The van der Waals surface area contributed by atoms with Gasteiger partial charge < -0.3 is 44.4 Å². The van der Waals surface area contributed by atoms with Gasteiger partial charge in [-0.15, -0.1) is 0 Å². The molecule has 2 fully saturated rings. The highest BCUT2D eigenvalue weighted by atomic mass is 32.2. The van der Waals surface area contributed by atoms with Gasteiger partial charge in [0.15, 0.2) is 6.10 Å². The predicted octanol–water partition coefficient (Wildman–Crippen LogP) is 5.27. The first kappa shape index (κ1) is 54.7. The smallest absolute Gasteiger partial charge is 0.338 e. The molecule has 4 amide bonds. The Morgan fingerprint density at radius 3 is 1.40 bits per heavy atom. The Labute approximate surface area is 415 Å². The van der Waals surface area contributed by atoms with E-state index in [1.807, 2.05) is 12.2 Å². The molecule has 6 atom stereocenters. The lowest BCUT2D eigenvalue weighted by molar-refractivity contribution is -0.183. The van der Waals surface area contributed by atoms with Crippen LogP contribution in [0.2, 0.25) is 0 Å². The van der Waals surface area contributed by atoms with Crippen LogP contribution in [0.15, 0.2) is 146 Å². The summed E-state index contributed by atoms with van der Waals surface area (Å²) in [4.78, 5) is 72.9. The molecular weight excluding hydrogens is 993 g/mol. The molecule has 4 heterocycles. The van der Waals surface area contributed by atoms with E-state index in [2.05, 4.69) is 20.1 Å². The van der Waals surface area contributed by atoms with Crippen molar-refractivity contribution in [3.05, 3.63) is 168 Å². The van der Waals surface area contributed by atoms with Crippen molar-refractivity contribution in [1.82, 2.24) is 20.9 Å². The number of alkyl halides is 4. The minimum atomic E-state index is -4.33. The zero-order valence-corrected chi connectivity index (χ0v) is 39.4. The van der Waals surface area contributed by atoms with Gasteiger partial charge in [0.25, 0.3) is 10.1 Å². The number of nitrogens with zero attached hydrogens (tertiary/aromatic N) is 1. The number of amides is 4. The molecule has 4 aromatic rings. The maximum absolute atomic E-state index is 15.5. The Morgan fingerprint density at radius 1 is 0.575 bits per heavy atom. The van der Waals surface area contributed by atoms with Crippen LogP contribution in [0.4, 0.5) is 27.2 Å². The molecule has 2 saturated heterocycles. The number of benzene rings is 4. The van der Waals surface area contributed by atoms with Crippen molar-refractivity contribution in [2.24, 2.45) is 0 Å². The highest BCUT2D eigenvalue weighted by Gasteiger charge is 2.65. The van der Waals surface area contributed by atoms with Crippen LogP contribution in [0.3, 0.4) is 0 Å². The average Bonchev–Trinajstić information content (AvgIpc) is 3.54. The summed E-state index contributed by atoms with van der Waals surface area (Å²) >= 11 is 0. The fourth-order valence-electron chi connectivity index (χ4n) is 6.99. The summed E-state index contributed by atoms with van der Waals surface area (Å²) in [5, 5.41) is 7.69. The third-order valence-electron chi connectivity index (χ3n) is 10.5. The monoisotopic (exact) mass is 1040 g/mol. The van der Waals surface area contributed by atoms with E-state index in [0.717, 1.165) is 4.90 Å². The molecule has 19 nitrogen and oxygen atoms in total. The molecule has 0 aromatic heterocycles. The molecule has 8 rings (SSSR count). The number of rotatable bonds is 13. The van der Waals surface area contributed by atoms with Gasteiger partial charge in [-0.05, 0) is 48.5 Å². The molecule has 2 unspecified atom stereocenters. The first-order chi connectivity index (χ1) is 34.8. The van der Waals surface area contributed by atoms with Gasteiger partial charge in [0.1, 0.15) is 25.4 Å². The lowest BCUT2D eigenvalue weighted by Gasteiger charge is -2.30. The Balaban J connectivity index is 0.000000207. The van der Waals surface area contributed by atoms with Crippen LogP contribution in [0.25, 0.3) is 0 Å². The lowest BCUT2D eigenvalue weighted by atomic mass is 10.1. The molecule has 0 bridgehead atoms. The molecule has 388 valence electrons. The third kappa shape index (κ3) is 15.2. The second-order valence-corrected chi connectivity index (χ2v) is 17.5. The zero-order valence-electron chi connectivity index (χ0n) is 38.6. The fraction of sp³-hybridized carbons (Fsp3) is 0.306. The summed E-state index contributed by atoms with van der Waals surface area (Å²) in [5.41, 5.74) is 0.440. The van der Waals surface area contributed by atoms with Crippen molar-refractivity contribution in [2.75, 3.05) is 45.6 Å². The number of carbonyl (C=O) groups excluding carboxylic acids is 6. The summed E-state index contributed by atoms with van der Waals surface area (Å²) in [6.07, 6.45) is -4.59. The van der Waals surface area contributed by atoms with Gasteiger partial charge in [-0.25, -0.2) is 33.0 Å². The second kappa shape index (κ2) is 25.1. The van der Waals surface area contributed by atoms with E-state index in [-0.39, 0.29) is 41.4 Å². The van der Waals surface area contributed by atoms with Gasteiger partial charge in [-0.2, -0.15) is 26.0 Å². The molecule has 0 spiro atoms. The number of ether oxygens (including phenoxy) is 6. The van der Waals surface area contributed by atoms with Crippen molar-refractivity contribution in [3.8, 4) is 0 Å². The van der Waals surface area contributed by atoms with E-state index in [4.69, 9.17) is 28.4 Å². The first-order valence-electron chi connectivity index (χ1n) is 22.1. The van der Waals surface area contributed by atoms with Gasteiger partial charge in [-0.1, -0.05) is 97.1 Å². The maximum atomic E-state index is 15.5. The van der Waals surface area contributed by atoms with Crippen LogP contribution in [-0.2, 0) is 42.7 Å². The van der Waals surface area contributed by atoms with Gasteiger partial charge in [0, 0.05) is 26.2 Å². The average molecular weight is 1040 g/mol. The van der Waals surface area contributed by atoms with Crippen LogP contribution in [0.5, 0.6) is 0 Å². The van der Waals surface area contributed by atoms with E-state index >= 15 is 8.78 Å². The second-order valence-electron chi connectivity index (χ2n) is 15.9. The minimum Gasteiger partial charge on any atom is -0.459 e. The zero-order chi connectivity index (χ0) is 52.6. The van der Waals surface area contributed by atoms with E-state index < -0.39 is 102 Å². The number of urea groups is 2. The number of esters is 4. The Kier molecular flexibility index (Phi) is 18.8. The van der Waals surface area contributed by atoms with Crippen molar-refractivity contribution < 1.29 is 87.4 Å². The van der Waals surface area contributed by atoms with Crippen molar-refractivity contribution in [1.29, 1.82) is 0 Å². The van der Waals surface area contributed by atoms with Crippen molar-refractivity contribution in [2.45, 2.75) is 48.8 Å². The maximum Gasteiger partial charge on any atom is 0.338 e. The molecule has 4 aliphatic rings. The largest absolute Gasteiger partial charge is 0.459 e. The minimum absolute atomic E-state index is 0.00851. The molecule has 0 radical (unpaired) electrons. The molecule has 3 N–H and O–H groups in total. The number of carbonyl (C=O) groups is 6. The SMILES string of the molecule is CS(=O)(=O)OC1O[C@H](COC(=O)c2ccccc2)[C@@H](OC(=O)c2ccccc2)C1(F)F.O=C(OC[C@H]1OC(N2CC=CCNC2=O)C(F)(F)[C@@H]1OC(=O)c1ccccc1)c1ccccc1.O=C1NCC=CCN1. The molecule has 4 aromatic carbocycles. The summed E-state index contributed by atoms with van der Waals surface area (Å²) in [7, 11) is -4.33. The quantitative estimate of drug-likeness (QED) is 0.0508. The molecule has 0 saturated carbocycles. The molecule has 0 aliphatic carbocycles. The Hall–Kier alpha value is -7.67. The molecule has 24 heteroatoms. The summed E-state index contributed by atoms with van der Waals surface area (Å²) in [6, 6.07) is 29.9. The van der Waals surface area contributed by atoms with E-state index in [9.17, 15) is 46.0 Å². The van der Waals surface area contributed by atoms with Crippen molar-refractivity contribution in [3.63, 3.8) is 0 Å². The van der Waals surface area contributed by atoms with E-state index in [1.54, 1.807) is 72.8 Å². The number of hydrogen-bond acceptors (Lipinski definition) is 15. The molecule has 4 aliphatic heterocycles. The third-order valence-corrected chi connectivity index (χ3v) is 11.0.